The van der Waals surface area contributed by atoms with Gasteiger partial charge in [-0.05, 0) is 66.0 Å². The summed E-state index contributed by atoms with van der Waals surface area (Å²) in [5.41, 5.74) is 3.08. The highest BCUT2D eigenvalue weighted by Crippen LogP contribution is 2.35. The first-order valence-electron chi connectivity index (χ1n) is 9.04. The summed E-state index contributed by atoms with van der Waals surface area (Å²) in [5, 5.41) is 9.27. The van der Waals surface area contributed by atoms with Gasteiger partial charge >= 0.3 is 5.97 Å². The third-order valence-corrected chi connectivity index (χ3v) is 6.79. The van der Waals surface area contributed by atoms with Crippen molar-refractivity contribution in [2.24, 2.45) is 0 Å². The summed E-state index contributed by atoms with van der Waals surface area (Å²) >= 11 is 4.86. The number of benzene rings is 1. The van der Waals surface area contributed by atoms with Crippen molar-refractivity contribution in [2.45, 2.75) is 27.2 Å². The van der Waals surface area contributed by atoms with Crippen LogP contribution in [0.1, 0.15) is 35.0 Å². The number of nitrogens with zero attached hydrogens (tertiary/aromatic N) is 4. The summed E-state index contributed by atoms with van der Waals surface area (Å²) in [6, 6.07) is 6.54. The summed E-state index contributed by atoms with van der Waals surface area (Å²) in [7, 11) is 0. The highest BCUT2D eigenvalue weighted by atomic mass is 79.9. The van der Waals surface area contributed by atoms with Crippen LogP contribution in [0.2, 0.25) is 0 Å². The van der Waals surface area contributed by atoms with E-state index in [1.807, 2.05) is 20.8 Å². The number of hydrogen-bond acceptors (Lipinski definition) is 7. The molecule has 1 aromatic carbocycles. The smallest absolute Gasteiger partial charge is 0.338 e. The van der Waals surface area contributed by atoms with Crippen LogP contribution in [-0.2, 0) is 4.74 Å². The second-order valence-electron chi connectivity index (χ2n) is 6.59. The summed E-state index contributed by atoms with van der Waals surface area (Å²) < 4.78 is 7.75. The Balaban J connectivity index is 1.80. The van der Waals surface area contributed by atoms with Crippen molar-refractivity contribution < 1.29 is 9.53 Å². The van der Waals surface area contributed by atoms with E-state index in [-0.39, 0.29) is 11.5 Å². The molecule has 4 aromatic rings. The van der Waals surface area contributed by atoms with Gasteiger partial charge in [-0.15, -0.1) is 16.4 Å². The maximum absolute atomic E-state index is 13.1. The van der Waals surface area contributed by atoms with Gasteiger partial charge in [-0.25, -0.2) is 9.78 Å². The highest BCUT2D eigenvalue weighted by Gasteiger charge is 2.18. The maximum atomic E-state index is 13.1. The third kappa shape index (κ3) is 3.34. The van der Waals surface area contributed by atoms with Crippen LogP contribution in [0.3, 0.4) is 0 Å². The molecule has 0 unspecified atom stereocenters. The zero-order valence-corrected chi connectivity index (χ0v) is 18.4. The molecule has 0 fully saturated rings. The van der Waals surface area contributed by atoms with E-state index in [0.717, 1.165) is 32.4 Å². The second kappa shape index (κ2) is 7.64. The van der Waals surface area contributed by atoms with Gasteiger partial charge in [-0.3, -0.25) is 4.79 Å². The lowest BCUT2D eigenvalue weighted by molar-refractivity contribution is 0.0505. The quantitative estimate of drug-likeness (QED) is 0.410. The Morgan fingerprint density at radius 3 is 2.66 bits per heavy atom. The number of carbonyl (C=O) groups is 1. The molecule has 148 valence electrons. The number of aromatic nitrogens is 4. The van der Waals surface area contributed by atoms with Gasteiger partial charge in [-0.1, -0.05) is 12.1 Å². The monoisotopic (exact) mass is 472 g/mol. The molecule has 0 N–H and O–H groups in total. The van der Waals surface area contributed by atoms with Gasteiger partial charge in [-0.2, -0.15) is 4.68 Å². The minimum atomic E-state index is -0.390. The van der Waals surface area contributed by atoms with Gasteiger partial charge in [0.15, 0.2) is 0 Å². The number of aryl methyl sites for hydroxylation is 2. The van der Waals surface area contributed by atoms with Crippen molar-refractivity contribution in [1.82, 2.24) is 20.0 Å². The largest absolute Gasteiger partial charge is 0.462 e. The number of fused-ring (bicyclic) bond motifs is 3. The zero-order chi connectivity index (χ0) is 20.7. The van der Waals surface area contributed by atoms with E-state index in [4.69, 9.17) is 4.74 Å². The summed E-state index contributed by atoms with van der Waals surface area (Å²) in [5.74, 6) is -0.390. The van der Waals surface area contributed by atoms with Crippen LogP contribution in [0.4, 0.5) is 0 Å². The first-order valence-corrected chi connectivity index (χ1v) is 10.7. The van der Waals surface area contributed by atoms with Gasteiger partial charge in [0, 0.05) is 9.86 Å². The lowest BCUT2D eigenvalue weighted by Crippen LogP contribution is -2.21. The molecule has 0 atom stereocenters. The Morgan fingerprint density at radius 2 is 1.97 bits per heavy atom. The fourth-order valence-electron chi connectivity index (χ4n) is 3.06. The van der Waals surface area contributed by atoms with Crippen molar-refractivity contribution in [1.29, 1.82) is 0 Å². The Kier molecular flexibility index (Phi) is 5.18. The molecule has 0 saturated carbocycles. The molecule has 0 radical (unpaired) electrons. The molecule has 0 aliphatic carbocycles. The maximum Gasteiger partial charge on any atom is 0.338 e. The number of ether oxygens (including phenoxy) is 1. The molecule has 3 aromatic heterocycles. The number of rotatable bonds is 4. The molecule has 0 aliphatic heterocycles. The summed E-state index contributed by atoms with van der Waals surface area (Å²) in [6.45, 7) is 6.19. The van der Waals surface area contributed by atoms with E-state index in [2.05, 4.69) is 31.2 Å². The topological polar surface area (TPSA) is 87.0 Å². The van der Waals surface area contributed by atoms with E-state index in [1.165, 1.54) is 16.0 Å². The minimum Gasteiger partial charge on any atom is -0.462 e. The summed E-state index contributed by atoms with van der Waals surface area (Å²) in [6.07, 6.45) is 0.758. The molecule has 0 spiro atoms. The van der Waals surface area contributed by atoms with E-state index in [1.54, 1.807) is 24.3 Å². The van der Waals surface area contributed by atoms with Gasteiger partial charge in [0.1, 0.15) is 15.0 Å². The number of carbonyl (C=O) groups excluding carboxylic acids is 1. The van der Waals surface area contributed by atoms with E-state index >= 15 is 0 Å². The molecule has 0 bridgehead atoms. The van der Waals surface area contributed by atoms with Crippen LogP contribution >= 0.6 is 27.3 Å². The molecule has 0 aliphatic rings. The normalized spacial score (nSPS) is 11.3. The Morgan fingerprint density at radius 1 is 1.24 bits per heavy atom. The molecule has 29 heavy (non-hydrogen) atoms. The number of thiophene rings is 1. The first-order chi connectivity index (χ1) is 13.9. The first kappa shape index (κ1) is 19.7. The molecule has 9 heteroatoms. The van der Waals surface area contributed by atoms with Crippen LogP contribution in [-0.4, -0.2) is 32.6 Å². The van der Waals surface area contributed by atoms with Crippen molar-refractivity contribution in [3.05, 3.63) is 55.9 Å². The Bertz CT molecular complexity index is 1310. The number of halogens is 1. The average Bonchev–Trinajstić information content (AvgIpc) is 3.10. The molecular weight excluding hydrogens is 456 g/mol. The van der Waals surface area contributed by atoms with Crippen LogP contribution in [0.15, 0.2) is 33.5 Å². The second-order valence-corrected chi connectivity index (χ2v) is 8.38. The Hall–Kier alpha value is -2.65. The van der Waals surface area contributed by atoms with Crippen LogP contribution < -0.4 is 5.56 Å². The van der Waals surface area contributed by atoms with Crippen molar-refractivity contribution in [3.8, 4) is 5.69 Å². The average molecular weight is 473 g/mol. The van der Waals surface area contributed by atoms with Crippen molar-refractivity contribution in [3.63, 3.8) is 0 Å². The molecule has 0 saturated heterocycles. The number of pyridine rings is 1. The fraction of sp³-hybridized carbons (Fsp3) is 0.250. The van der Waals surface area contributed by atoms with Gasteiger partial charge in [0.25, 0.3) is 5.56 Å². The molecule has 0 amide bonds. The van der Waals surface area contributed by atoms with Crippen molar-refractivity contribution >= 4 is 53.7 Å². The minimum absolute atomic E-state index is 0.271. The molecule has 7 nitrogen and oxygen atoms in total. The molecular formula is C20H17BrN4O3S. The van der Waals surface area contributed by atoms with E-state index in [9.17, 15) is 9.59 Å². The van der Waals surface area contributed by atoms with Crippen LogP contribution in [0, 0.1) is 13.8 Å². The van der Waals surface area contributed by atoms with Gasteiger partial charge in [0.2, 0.25) is 0 Å². The lowest BCUT2D eigenvalue weighted by atomic mass is 10.1. The van der Waals surface area contributed by atoms with Gasteiger partial charge < -0.3 is 4.74 Å². The predicted octanol–water partition coefficient (Wildman–Crippen LogP) is 4.34. The van der Waals surface area contributed by atoms with Gasteiger partial charge in [0.05, 0.1) is 23.6 Å². The number of esters is 1. The lowest BCUT2D eigenvalue weighted by Gasteiger charge is -2.06. The van der Waals surface area contributed by atoms with Crippen molar-refractivity contribution in [2.75, 3.05) is 6.61 Å². The summed E-state index contributed by atoms with van der Waals surface area (Å²) in [4.78, 5) is 30.4. The Labute approximate surface area is 178 Å². The fourth-order valence-corrected chi connectivity index (χ4v) is 4.49. The van der Waals surface area contributed by atoms with E-state index in [0.29, 0.717) is 28.1 Å². The van der Waals surface area contributed by atoms with Crippen LogP contribution in [0.5, 0.6) is 0 Å². The third-order valence-electron chi connectivity index (χ3n) is 4.56. The predicted molar refractivity (Wildman–Crippen MR) is 116 cm³/mol. The number of hydrogen-bond donors (Lipinski definition) is 0. The van der Waals surface area contributed by atoms with E-state index < -0.39 is 0 Å². The molecule has 4 rings (SSSR count). The van der Waals surface area contributed by atoms with Crippen LogP contribution in [0.25, 0.3) is 26.1 Å². The SMILES string of the molecule is CCCOC(=O)c1ccc(-n2nnc3c(sc4nc(C)c(Br)c(C)c43)c2=O)cc1. The zero-order valence-electron chi connectivity index (χ0n) is 16.0. The molecule has 3 heterocycles. The standard InChI is InChI=1S/C20H17BrN4O3S/c1-4-9-28-20(27)12-5-7-13(8-6-12)25-19(26)17-16(23-24-25)14-10(2)15(21)11(3)22-18(14)29-17/h5-8H,4,9H2,1-3H3. The highest BCUT2D eigenvalue weighted by molar-refractivity contribution is 9.10.